The number of para-hydroxylation sites is 1. The molecule has 0 saturated carbocycles. The maximum Gasteiger partial charge on any atom is 0.334 e. The standard InChI is InChI=1S/C17H23NO5/c1-12(9-13-5-3-4-6-14(13)22-2)10-16(19)18-7-8-23-15(11-18)17(20)21/h3-6,12,15H,7-11H2,1-2H3,(H,20,21). The Morgan fingerprint density at radius 1 is 1.43 bits per heavy atom. The molecule has 2 rings (SSSR count). The van der Waals surface area contributed by atoms with Crippen LogP contribution in [-0.2, 0) is 20.7 Å². The van der Waals surface area contributed by atoms with Crippen molar-refractivity contribution in [2.24, 2.45) is 5.92 Å². The van der Waals surface area contributed by atoms with Gasteiger partial charge in [-0.1, -0.05) is 25.1 Å². The molecular formula is C17H23NO5. The zero-order valence-corrected chi connectivity index (χ0v) is 13.5. The molecule has 6 heteroatoms. The second kappa shape index (κ2) is 7.97. The smallest absolute Gasteiger partial charge is 0.334 e. The van der Waals surface area contributed by atoms with Gasteiger partial charge >= 0.3 is 5.97 Å². The van der Waals surface area contributed by atoms with Crippen LogP contribution in [0.3, 0.4) is 0 Å². The van der Waals surface area contributed by atoms with E-state index in [1.54, 1.807) is 12.0 Å². The van der Waals surface area contributed by atoms with Crippen LogP contribution in [0.1, 0.15) is 18.9 Å². The van der Waals surface area contributed by atoms with Crippen molar-refractivity contribution in [1.29, 1.82) is 0 Å². The number of nitrogens with zero attached hydrogens (tertiary/aromatic N) is 1. The summed E-state index contributed by atoms with van der Waals surface area (Å²) >= 11 is 0. The van der Waals surface area contributed by atoms with E-state index >= 15 is 0 Å². The van der Waals surface area contributed by atoms with Crippen LogP contribution in [-0.4, -0.2) is 54.8 Å². The van der Waals surface area contributed by atoms with E-state index in [0.717, 1.165) is 17.7 Å². The van der Waals surface area contributed by atoms with Crippen LogP contribution in [0.4, 0.5) is 0 Å². The molecule has 0 bridgehead atoms. The fourth-order valence-electron chi connectivity index (χ4n) is 2.77. The zero-order valence-electron chi connectivity index (χ0n) is 13.5. The summed E-state index contributed by atoms with van der Waals surface area (Å²) < 4.78 is 10.5. The molecule has 1 amide bonds. The molecule has 1 saturated heterocycles. The van der Waals surface area contributed by atoms with Gasteiger partial charge < -0.3 is 19.5 Å². The van der Waals surface area contributed by atoms with Gasteiger partial charge in [0.25, 0.3) is 0 Å². The monoisotopic (exact) mass is 321 g/mol. The third kappa shape index (κ3) is 4.69. The van der Waals surface area contributed by atoms with Crippen molar-refractivity contribution in [3.05, 3.63) is 29.8 Å². The van der Waals surface area contributed by atoms with Gasteiger partial charge in [-0.05, 0) is 24.0 Å². The number of aliphatic carboxylic acids is 1. The predicted molar refractivity (Wildman–Crippen MR) is 84.4 cm³/mol. The third-order valence-corrected chi connectivity index (χ3v) is 3.98. The highest BCUT2D eigenvalue weighted by Gasteiger charge is 2.29. The Morgan fingerprint density at radius 3 is 2.87 bits per heavy atom. The van der Waals surface area contributed by atoms with Gasteiger partial charge in [-0.3, -0.25) is 4.79 Å². The Bertz CT molecular complexity index is 560. The minimum Gasteiger partial charge on any atom is -0.496 e. The van der Waals surface area contributed by atoms with Crippen molar-refractivity contribution in [1.82, 2.24) is 4.90 Å². The summed E-state index contributed by atoms with van der Waals surface area (Å²) in [7, 11) is 1.63. The van der Waals surface area contributed by atoms with E-state index in [1.807, 2.05) is 31.2 Å². The van der Waals surface area contributed by atoms with E-state index in [4.69, 9.17) is 14.6 Å². The number of carbonyl (C=O) groups is 2. The van der Waals surface area contributed by atoms with Gasteiger partial charge in [0.15, 0.2) is 6.10 Å². The van der Waals surface area contributed by atoms with Crippen molar-refractivity contribution in [2.45, 2.75) is 25.9 Å². The molecule has 6 nitrogen and oxygen atoms in total. The van der Waals surface area contributed by atoms with E-state index in [9.17, 15) is 9.59 Å². The highest BCUT2D eigenvalue weighted by molar-refractivity contribution is 5.78. The summed E-state index contributed by atoms with van der Waals surface area (Å²) in [6.07, 6.45) is 0.199. The number of hydrogen-bond donors (Lipinski definition) is 1. The Morgan fingerprint density at radius 2 is 2.17 bits per heavy atom. The Hall–Kier alpha value is -2.08. The molecule has 1 aliphatic heterocycles. The van der Waals surface area contributed by atoms with Gasteiger partial charge in [0.1, 0.15) is 5.75 Å². The fourth-order valence-corrected chi connectivity index (χ4v) is 2.77. The summed E-state index contributed by atoms with van der Waals surface area (Å²) in [5.74, 6) is -0.0828. The Labute approximate surface area is 136 Å². The van der Waals surface area contributed by atoms with Crippen LogP contribution in [0.5, 0.6) is 5.75 Å². The molecular weight excluding hydrogens is 298 g/mol. The lowest BCUT2D eigenvalue weighted by atomic mass is 9.96. The molecule has 0 aliphatic carbocycles. The molecule has 1 aliphatic rings. The average Bonchev–Trinajstić information content (AvgIpc) is 2.55. The van der Waals surface area contributed by atoms with Crippen LogP contribution >= 0.6 is 0 Å². The molecule has 1 fully saturated rings. The fraction of sp³-hybridized carbons (Fsp3) is 0.529. The number of carboxylic acids is 1. The molecule has 1 aromatic rings. The van der Waals surface area contributed by atoms with Gasteiger partial charge in [-0.25, -0.2) is 4.79 Å². The minimum absolute atomic E-state index is 0.0260. The Kier molecular flexibility index (Phi) is 5.98. The van der Waals surface area contributed by atoms with Crippen LogP contribution in [0.25, 0.3) is 0 Å². The number of benzene rings is 1. The molecule has 0 spiro atoms. The number of amides is 1. The highest BCUT2D eigenvalue weighted by atomic mass is 16.5. The molecule has 126 valence electrons. The van der Waals surface area contributed by atoms with Gasteiger partial charge in [-0.2, -0.15) is 0 Å². The molecule has 0 radical (unpaired) electrons. The minimum atomic E-state index is -1.02. The summed E-state index contributed by atoms with van der Waals surface area (Å²) in [5, 5.41) is 9.00. The van der Waals surface area contributed by atoms with Gasteiger partial charge in [-0.15, -0.1) is 0 Å². The van der Waals surface area contributed by atoms with Crippen molar-refractivity contribution in [2.75, 3.05) is 26.8 Å². The molecule has 1 aromatic carbocycles. The quantitative estimate of drug-likeness (QED) is 0.861. The predicted octanol–water partition coefficient (Wildman–Crippen LogP) is 1.58. The third-order valence-electron chi connectivity index (χ3n) is 3.98. The second-order valence-electron chi connectivity index (χ2n) is 5.86. The molecule has 0 aromatic heterocycles. The van der Waals surface area contributed by atoms with E-state index in [1.165, 1.54) is 0 Å². The van der Waals surface area contributed by atoms with Crippen molar-refractivity contribution in [3.8, 4) is 5.75 Å². The van der Waals surface area contributed by atoms with Crippen LogP contribution < -0.4 is 4.74 Å². The first-order valence-corrected chi connectivity index (χ1v) is 7.75. The number of morpholine rings is 1. The van der Waals surface area contributed by atoms with Crippen LogP contribution in [0.15, 0.2) is 24.3 Å². The molecule has 2 unspecified atom stereocenters. The number of hydrogen-bond acceptors (Lipinski definition) is 4. The first kappa shape index (κ1) is 17.3. The first-order chi connectivity index (χ1) is 11.0. The second-order valence-corrected chi connectivity index (χ2v) is 5.86. The van der Waals surface area contributed by atoms with Crippen molar-refractivity contribution in [3.63, 3.8) is 0 Å². The summed E-state index contributed by atoms with van der Waals surface area (Å²) in [6, 6.07) is 7.77. The highest BCUT2D eigenvalue weighted by Crippen LogP contribution is 2.22. The van der Waals surface area contributed by atoms with Crippen LogP contribution in [0, 0.1) is 5.92 Å². The topological polar surface area (TPSA) is 76.1 Å². The van der Waals surface area contributed by atoms with E-state index in [0.29, 0.717) is 13.0 Å². The van der Waals surface area contributed by atoms with E-state index < -0.39 is 12.1 Å². The number of carbonyl (C=O) groups excluding carboxylic acids is 1. The molecule has 23 heavy (non-hydrogen) atoms. The van der Waals surface area contributed by atoms with E-state index in [2.05, 4.69) is 0 Å². The van der Waals surface area contributed by atoms with Crippen LogP contribution in [0.2, 0.25) is 0 Å². The lowest BCUT2D eigenvalue weighted by Crippen LogP contribution is -2.48. The summed E-state index contributed by atoms with van der Waals surface area (Å²) in [4.78, 5) is 24.9. The van der Waals surface area contributed by atoms with Gasteiger partial charge in [0, 0.05) is 13.0 Å². The van der Waals surface area contributed by atoms with Gasteiger partial charge in [0.2, 0.25) is 5.91 Å². The largest absolute Gasteiger partial charge is 0.496 e. The number of methoxy groups -OCH3 is 1. The molecule has 2 atom stereocenters. The number of rotatable bonds is 6. The zero-order chi connectivity index (χ0) is 16.8. The first-order valence-electron chi connectivity index (χ1n) is 7.75. The van der Waals surface area contributed by atoms with E-state index in [-0.39, 0.29) is 25.0 Å². The van der Waals surface area contributed by atoms with Crippen molar-refractivity contribution < 1.29 is 24.2 Å². The molecule has 1 heterocycles. The summed E-state index contributed by atoms with van der Waals surface area (Å²) in [6.45, 7) is 2.85. The number of ether oxygens (including phenoxy) is 2. The number of carboxylic acid groups (broad SMARTS) is 1. The summed E-state index contributed by atoms with van der Waals surface area (Å²) in [5.41, 5.74) is 1.07. The maximum atomic E-state index is 12.4. The maximum absolute atomic E-state index is 12.4. The van der Waals surface area contributed by atoms with Gasteiger partial charge in [0.05, 0.1) is 20.3 Å². The SMILES string of the molecule is COc1ccccc1CC(C)CC(=O)N1CCOC(C(=O)O)C1. The normalized spacial score (nSPS) is 19.2. The Balaban J connectivity index is 1.90. The lowest BCUT2D eigenvalue weighted by molar-refractivity contribution is -0.159. The lowest BCUT2D eigenvalue weighted by Gasteiger charge is -2.31. The van der Waals surface area contributed by atoms with Crippen molar-refractivity contribution >= 4 is 11.9 Å². The average molecular weight is 321 g/mol. The molecule has 1 N–H and O–H groups in total.